The minimum Gasteiger partial charge on any atom is -0.477 e. The second-order valence-corrected chi connectivity index (χ2v) is 3.69. The van der Waals surface area contributed by atoms with E-state index in [-0.39, 0.29) is 11.5 Å². The largest absolute Gasteiger partial charge is 0.477 e. The van der Waals surface area contributed by atoms with Crippen LogP contribution in [0, 0.1) is 0 Å². The zero-order valence-corrected chi connectivity index (χ0v) is 9.39. The van der Waals surface area contributed by atoms with Gasteiger partial charge in [-0.15, -0.1) is 0 Å². The maximum Gasteiger partial charge on any atom is 0.351 e. The molecule has 0 aliphatic heterocycles. The van der Waals surface area contributed by atoms with Crippen molar-refractivity contribution in [1.29, 1.82) is 0 Å². The normalized spacial score (nSPS) is 10.3. The van der Waals surface area contributed by atoms with E-state index in [1.165, 1.54) is 19.1 Å². The number of carboxylic acids is 1. The Bertz CT molecular complexity index is 701. The quantitative estimate of drug-likeness (QED) is 0.783. The predicted molar refractivity (Wildman–Crippen MR) is 63.7 cm³/mol. The fourth-order valence-corrected chi connectivity index (χ4v) is 1.54. The van der Waals surface area contributed by atoms with Gasteiger partial charge in [-0.1, -0.05) is 0 Å². The van der Waals surface area contributed by atoms with Crippen molar-refractivity contribution in [1.82, 2.24) is 0 Å². The Kier molecular flexibility index (Phi) is 2.85. The number of amides is 1. The Labute approximate surface area is 101 Å². The van der Waals surface area contributed by atoms with E-state index in [1.54, 1.807) is 12.1 Å². The van der Waals surface area contributed by atoms with Crippen LogP contribution in [0.1, 0.15) is 17.3 Å². The molecule has 92 valence electrons. The number of hydrogen-bond donors (Lipinski definition) is 2. The molecule has 0 fully saturated rings. The molecule has 1 aromatic carbocycles. The van der Waals surface area contributed by atoms with Crippen molar-refractivity contribution in [3.05, 3.63) is 40.2 Å². The predicted octanol–water partition coefficient (Wildman–Crippen LogP) is 1.45. The highest BCUT2D eigenvalue weighted by molar-refractivity contribution is 5.94. The van der Waals surface area contributed by atoms with Crippen LogP contribution < -0.4 is 10.9 Å². The third kappa shape index (κ3) is 2.22. The third-order valence-corrected chi connectivity index (χ3v) is 2.29. The highest BCUT2D eigenvalue weighted by atomic mass is 16.4. The second-order valence-electron chi connectivity index (χ2n) is 3.69. The van der Waals surface area contributed by atoms with E-state index in [0.29, 0.717) is 11.1 Å². The first-order valence-electron chi connectivity index (χ1n) is 5.06. The summed E-state index contributed by atoms with van der Waals surface area (Å²) in [6, 6.07) is 5.86. The van der Waals surface area contributed by atoms with Gasteiger partial charge in [0.05, 0.1) is 0 Å². The molecule has 2 aromatic rings. The molecular weight excluding hydrogens is 238 g/mol. The highest BCUT2D eigenvalue weighted by Crippen LogP contribution is 2.18. The first kappa shape index (κ1) is 11.8. The molecule has 0 radical (unpaired) electrons. The van der Waals surface area contributed by atoms with Crippen LogP contribution in [0.4, 0.5) is 5.69 Å². The average molecular weight is 247 g/mol. The Morgan fingerprint density at radius 3 is 2.61 bits per heavy atom. The zero-order chi connectivity index (χ0) is 13.3. The summed E-state index contributed by atoms with van der Waals surface area (Å²) in [5.74, 6) is -1.59. The first-order chi connectivity index (χ1) is 8.47. The van der Waals surface area contributed by atoms with Crippen LogP contribution in [-0.2, 0) is 4.79 Å². The molecule has 0 spiro atoms. The van der Waals surface area contributed by atoms with Crippen molar-refractivity contribution in [2.75, 3.05) is 5.32 Å². The maximum absolute atomic E-state index is 11.4. The molecule has 1 amide bonds. The molecule has 0 aliphatic rings. The van der Waals surface area contributed by atoms with Crippen molar-refractivity contribution < 1.29 is 19.1 Å². The van der Waals surface area contributed by atoms with Gasteiger partial charge in [-0.05, 0) is 18.2 Å². The minimum absolute atomic E-state index is 0.219. The number of rotatable bonds is 2. The van der Waals surface area contributed by atoms with Crippen molar-refractivity contribution in [2.24, 2.45) is 0 Å². The lowest BCUT2D eigenvalue weighted by atomic mass is 10.1. The summed E-state index contributed by atoms with van der Waals surface area (Å²) in [5.41, 5.74) is -0.651. The van der Waals surface area contributed by atoms with Gasteiger partial charge in [0, 0.05) is 24.1 Å². The SMILES string of the molecule is CC(=O)Nc1ccc2cc(C(=O)O)c(=O)oc2c1. The van der Waals surface area contributed by atoms with Crippen molar-refractivity contribution >= 4 is 28.5 Å². The lowest BCUT2D eigenvalue weighted by Crippen LogP contribution is -2.13. The number of aromatic carboxylic acids is 1. The van der Waals surface area contributed by atoms with E-state index >= 15 is 0 Å². The molecule has 6 heteroatoms. The number of hydrogen-bond acceptors (Lipinski definition) is 4. The van der Waals surface area contributed by atoms with Crippen molar-refractivity contribution in [2.45, 2.75) is 6.92 Å². The van der Waals surface area contributed by atoms with E-state index in [4.69, 9.17) is 9.52 Å². The van der Waals surface area contributed by atoms with E-state index in [9.17, 15) is 14.4 Å². The monoisotopic (exact) mass is 247 g/mol. The number of carbonyl (C=O) groups is 2. The standard InChI is InChI=1S/C12H9NO5/c1-6(14)13-8-3-2-7-4-9(11(15)16)12(17)18-10(7)5-8/h2-5H,1H3,(H,13,14)(H,15,16). The number of nitrogens with one attached hydrogen (secondary N) is 1. The Morgan fingerprint density at radius 1 is 1.28 bits per heavy atom. The van der Waals surface area contributed by atoms with Crippen molar-refractivity contribution in [3.8, 4) is 0 Å². The van der Waals surface area contributed by atoms with Gasteiger partial charge in [0.2, 0.25) is 5.91 Å². The van der Waals surface area contributed by atoms with Crippen LogP contribution in [0.15, 0.2) is 33.5 Å². The topological polar surface area (TPSA) is 96.6 Å². The van der Waals surface area contributed by atoms with Crippen LogP contribution in [0.5, 0.6) is 0 Å². The lowest BCUT2D eigenvalue weighted by molar-refractivity contribution is -0.114. The van der Waals surface area contributed by atoms with Crippen LogP contribution in [-0.4, -0.2) is 17.0 Å². The van der Waals surface area contributed by atoms with Crippen LogP contribution >= 0.6 is 0 Å². The summed E-state index contributed by atoms with van der Waals surface area (Å²) in [5, 5.41) is 11.8. The van der Waals surface area contributed by atoms with Crippen LogP contribution in [0.2, 0.25) is 0 Å². The highest BCUT2D eigenvalue weighted by Gasteiger charge is 2.12. The molecule has 0 atom stereocenters. The van der Waals surface area contributed by atoms with E-state index in [1.807, 2.05) is 0 Å². The van der Waals surface area contributed by atoms with Gasteiger partial charge in [-0.3, -0.25) is 4.79 Å². The van der Waals surface area contributed by atoms with Gasteiger partial charge in [-0.25, -0.2) is 9.59 Å². The van der Waals surface area contributed by atoms with Gasteiger partial charge < -0.3 is 14.8 Å². The van der Waals surface area contributed by atoms with E-state index in [2.05, 4.69) is 5.32 Å². The molecule has 1 aromatic heterocycles. The summed E-state index contributed by atoms with van der Waals surface area (Å²) >= 11 is 0. The molecule has 0 unspecified atom stereocenters. The van der Waals surface area contributed by atoms with Crippen molar-refractivity contribution in [3.63, 3.8) is 0 Å². The lowest BCUT2D eigenvalue weighted by Gasteiger charge is -2.03. The smallest absolute Gasteiger partial charge is 0.351 e. The number of fused-ring (bicyclic) bond motifs is 1. The van der Waals surface area contributed by atoms with Gasteiger partial charge in [0.25, 0.3) is 0 Å². The van der Waals surface area contributed by atoms with Gasteiger partial charge in [-0.2, -0.15) is 0 Å². The van der Waals surface area contributed by atoms with E-state index in [0.717, 1.165) is 0 Å². The Hall–Kier alpha value is -2.63. The molecule has 6 nitrogen and oxygen atoms in total. The number of carboxylic acid groups (broad SMARTS) is 1. The average Bonchev–Trinajstić information content (AvgIpc) is 2.26. The first-order valence-corrected chi connectivity index (χ1v) is 5.06. The van der Waals surface area contributed by atoms with Gasteiger partial charge in [0.1, 0.15) is 11.1 Å². The maximum atomic E-state index is 11.4. The summed E-state index contributed by atoms with van der Waals surface area (Å²) in [4.78, 5) is 33.0. The minimum atomic E-state index is -1.34. The third-order valence-electron chi connectivity index (χ3n) is 2.29. The van der Waals surface area contributed by atoms with Crippen LogP contribution in [0.3, 0.4) is 0 Å². The zero-order valence-electron chi connectivity index (χ0n) is 9.39. The number of anilines is 1. The molecule has 0 saturated heterocycles. The van der Waals surface area contributed by atoms with E-state index < -0.39 is 17.2 Å². The second kappa shape index (κ2) is 4.33. The molecule has 2 rings (SSSR count). The molecule has 18 heavy (non-hydrogen) atoms. The molecule has 0 saturated carbocycles. The number of benzene rings is 1. The van der Waals surface area contributed by atoms with Gasteiger partial charge >= 0.3 is 11.6 Å². The molecule has 2 N–H and O–H groups in total. The Morgan fingerprint density at radius 2 is 2.00 bits per heavy atom. The number of carbonyl (C=O) groups excluding carboxylic acids is 1. The summed E-state index contributed by atoms with van der Waals surface area (Å²) in [6.45, 7) is 1.36. The molecule has 0 bridgehead atoms. The fraction of sp³-hybridized carbons (Fsp3) is 0.0833. The van der Waals surface area contributed by atoms with Gasteiger partial charge in [0.15, 0.2) is 0 Å². The molecular formula is C12H9NO5. The Balaban J connectivity index is 2.59. The summed E-state index contributed by atoms with van der Waals surface area (Å²) < 4.78 is 4.89. The summed E-state index contributed by atoms with van der Waals surface area (Å²) in [7, 11) is 0. The fourth-order valence-electron chi connectivity index (χ4n) is 1.54. The summed E-state index contributed by atoms with van der Waals surface area (Å²) in [6.07, 6.45) is 0. The van der Waals surface area contributed by atoms with Crippen LogP contribution in [0.25, 0.3) is 11.0 Å². The molecule has 1 heterocycles. The molecule has 0 aliphatic carbocycles.